The van der Waals surface area contributed by atoms with Crippen molar-refractivity contribution < 1.29 is 9.53 Å². The lowest BCUT2D eigenvalue weighted by Crippen LogP contribution is -2.20. The fraction of sp³-hybridized carbons (Fsp3) is 0.824. The summed E-state index contributed by atoms with van der Waals surface area (Å²) >= 11 is 0. The summed E-state index contributed by atoms with van der Waals surface area (Å²) in [6, 6.07) is 0. The molecule has 0 aromatic carbocycles. The van der Waals surface area contributed by atoms with Crippen LogP contribution in [-0.2, 0) is 9.53 Å². The zero-order valence-corrected chi connectivity index (χ0v) is 13.0. The third kappa shape index (κ3) is 3.21. The molecule has 0 aliphatic heterocycles. The summed E-state index contributed by atoms with van der Waals surface area (Å²) in [6.45, 7) is 10.7. The minimum atomic E-state index is -0.124. The Bertz CT molecular complexity index is 357. The van der Waals surface area contributed by atoms with Crippen LogP contribution in [0, 0.1) is 23.7 Å². The van der Waals surface area contributed by atoms with Crippen LogP contribution in [0.2, 0.25) is 0 Å². The largest absolute Gasteiger partial charge is 0.463 e. The van der Waals surface area contributed by atoms with E-state index in [2.05, 4.69) is 27.7 Å². The van der Waals surface area contributed by atoms with Gasteiger partial charge in [0.25, 0.3) is 0 Å². The first-order chi connectivity index (χ1) is 8.88. The zero-order chi connectivity index (χ0) is 14.2. The molecule has 2 heteroatoms. The van der Waals surface area contributed by atoms with Crippen LogP contribution in [0.3, 0.4) is 0 Å². The smallest absolute Gasteiger partial charge is 0.302 e. The number of ether oxygens (including phenoxy) is 1. The Morgan fingerprint density at radius 2 is 1.47 bits per heavy atom. The predicted molar refractivity (Wildman–Crippen MR) is 77.7 cm³/mol. The van der Waals surface area contributed by atoms with Gasteiger partial charge >= 0.3 is 5.97 Å². The van der Waals surface area contributed by atoms with E-state index in [-0.39, 0.29) is 12.1 Å². The molecular formula is C17H28O2. The van der Waals surface area contributed by atoms with Gasteiger partial charge in [0, 0.05) is 6.92 Å². The molecule has 0 radical (unpaired) electrons. The van der Waals surface area contributed by atoms with Gasteiger partial charge in [-0.15, -0.1) is 0 Å². The molecule has 4 atom stereocenters. The molecule has 2 aliphatic carbocycles. The summed E-state index contributed by atoms with van der Waals surface area (Å²) in [4.78, 5) is 11.2. The van der Waals surface area contributed by atoms with Crippen molar-refractivity contribution in [3.63, 3.8) is 0 Å². The molecule has 0 saturated heterocycles. The van der Waals surface area contributed by atoms with Gasteiger partial charge in [0.15, 0.2) is 0 Å². The van der Waals surface area contributed by atoms with Crippen LogP contribution in [0.4, 0.5) is 0 Å². The maximum absolute atomic E-state index is 11.2. The van der Waals surface area contributed by atoms with Gasteiger partial charge in [0.2, 0.25) is 0 Å². The first kappa shape index (κ1) is 14.6. The molecule has 0 N–H and O–H groups in total. The summed E-state index contributed by atoms with van der Waals surface area (Å²) in [6.07, 6.45) is 4.77. The van der Waals surface area contributed by atoms with E-state index in [0.717, 1.165) is 24.7 Å². The average molecular weight is 264 g/mol. The molecule has 4 unspecified atom stereocenters. The number of carbonyl (C=O) groups is 1. The zero-order valence-electron chi connectivity index (χ0n) is 13.0. The van der Waals surface area contributed by atoms with Crippen LogP contribution in [-0.4, -0.2) is 12.1 Å². The second-order valence-electron chi connectivity index (χ2n) is 7.00. The van der Waals surface area contributed by atoms with Gasteiger partial charge in [0.05, 0.1) is 0 Å². The van der Waals surface area contributed by atoms with E-state index in [1.807, 2.05) is 0 Å². The van der Waals surface area contributed by atoms with E-state index < -0.39 is 0 Å². The fourth-order valence-electron chi connectivity index (χ4n) is 4.22. The molecule has 0 bridgehead atoms. The summed E-state index contributed by atoms with van der Waals surface area (Å²) in [7, 11) is 0. The molecule has 108 valence electrons. The number of carbonyl (C=O) groups excluding carboxylic acids is 1. The van der Waals surface area contributed by atoms with E-state index in [1.54, 1.807) is 5.57 Å². The summed E-state index contributed by atoms with van der Waals surface area (Å²) in [5, 5.41) is 0. The minimum absolute atomic E-state index is 0.124. The van der Waals surface area contributed by atoms with Crippen molar-refractivity contribution in [2.45, 2.75) is 66.4 Å². The molecule has 0 aromatic heterocycles. The Hall–Kier alpha value is -0.790. The van der Waals surface area contributed by atoms with Crippen LogP contribution < -0.4 is 0 Å². The van der Waals surface area contributed by atoms with Gasteiger partial charge in [-0.05, 0) is 63.2 Å². The number of rotatable bonds is 1. The Morgan fingerprint density at radius 3 is 1.84 bits per heavy atom. The molecule has 0 spiro atoms. The highest BCUT2D eigenvalue weighted by molar-refractivity contribution is 5.66. The predicted octanol–water partition coefficient (Wildman–Crippen LogP) is 4.35. The maximum Gasteiger partial charge on any atom is 0.302 e. The first-order valence-corrected chi connectivity index (χ1v) is 7.71. The number of hydrogen-bond donors (Lipinski definition) is 0. The van der Waals surface area contributed by atoms with E-state index in [0.29, 0.717) is 11.8 Å². The molecule has 2 fully saturated rings. The van der Waals surface area contributed by atoms with Crippen molar-refractivity contribution >= 4 is 5.97 Å². The van der Waals surface area contributed by atoms with E-state index in [4.69, 9.17) is 4.74 Å². The van der Waals surface area contributed by atoms with Gasteiger partial charge in [-0.3, -0.25) is 4.79 Å². The highest BCUT2D eigenvalue weighted by Gasteiger charge is 2.42. The standard InChI is InChI=1S/C17H28O2/c1-10(2)14-8-16-11(3)6-15(19-13(5)18)7-12(4)17(16)9-14/h11-12,15-17H,6-9H2,1-5H3. The SMILES string of the molecule is CC(=O)OC1CC(C)C2CC(=C(C)C)CC2C(C)C1. The van der Waals surface area contributed by atoms with E-state index in [9.17, 15) is 4.79 Å². The summed E-state index contributed by atoms with van der Waals surface area (Å²) < 4.78 is 5.50. The minimum Gasteiger partial charge on any atom is -0.463 e. The lowest BCUT2D eigenvalue weighted by atomic mass is 9.80. The molecule has 2 rings (SSSR count). The van der Waals surface area contributed by atoms with E-state index >= 15 is 0 Å². The highest BCUT2D eigenvalue weighted by Crippen LogP contribution is 2.49. The molecule has 2 aliphatic rings. The quantitative estimate of drug-likeness (QED) is 0.520. The Kier molecular flexibility index (Phi) is 4.37. The molecule has 0 aromatic rings. The maximum atomic E-state index is 11.2. The van der Waals surface area contributed by atoms with Gasteiger partial charge in [0.1, 0.15) is 6.10 Å². The second kappa shape index (κ2) is 5.68. The highest BCUT2D eigenvalue weighted by atomic mass is 16.5. The summed E-state index contributed by atoms with van der Waals surface area (Å²) in [5.74, 6) is 2.79. The van der Waals surface area contributed by atoms with Crippen LogP contribution in [0.1, 0.15) is 60.3 Å². The van der Waals surface area contributed by atoms with Crippen LogP contribution >= 0.6 is 0 Å². The van der Waals surface area contributed by atoms with E-state index in [1.165, 1.54) is 25.3 Å². The van der Waals surface area contributed by atoms with Crippen molar-refractivity contribution in [1.29, 1.82) is 0 Å². The van der Waals surface area contributed by atoms with Gasteiger partial charge in [-0.1, -0.05) is 25.0 Å². The van der Waals surface area contributed by atoms with Gasteiger partial charge in [-0.25, -0.2) is 0 Å². The lowest BCUT2D eigenvalue weighted by Gasteiger charge is -2.25. The molecular weight excluding hydrogens is 236 g/mol. The number of esters is 1. The molecule has 0 amide bonds. The molecule has 19 heavy (non-hydrogen) atoms. The number of hydrogen-bond acceptors (Lipinski definition) is 2. The van der Waals surface area contributed by atoms with Crippen LogP contribution in [0.25, 0.3) is 0 Å². The topological polar surface area (TPSA) is 26.3 Å². The molecule has 2 saturated carbocycles. The molecule has 2 nitrogen and oxygen atoms in total. The van der Waals surface area contributed by atoms with Crippen LogP contribution in [0.15, 0.2) is 11.1 Å². The van der Waals surface area contributed by atoms with Crippen LogP contribution in [0.5, 0.6) is 0 Å². The van der Waals surface area contributed by atoms with Gasteiger partial charge < -0.3 is 4.74 Å². The Morgan fingerprint density at radius 1 is 1.00 bits per heavy atom. The average Bonchev–Trinajstić information content (AvgIpc) is 2.68. The molecule has 0 heterocycles. The third-order valence-electron chi connectivity index (χ3n) is 5.29. The second-order valence-corrected chi connectivity index (χ2v) is 7.00. The van der Waals surface area contributed by atoms with Crippen molar-refractivity contribution in [2.75, 3.05) is 0 Å². The van der Waals surface area contributed by atoms with Crippen molar-refractivity contribution in [1.82, 2.24) is 0 Å². The number of fused-ring (bicyclic) bond motifs is 1. The fourth-order valence-corrected chi connectivity index (χ4v) is 4.22. The normalized spacial score (nSPS) is 38.6. The van der Waals surface area contributed by atoms with Crippen molar-refractivity contribution in [3.8, 4) is 0 Å². The first-order valence-electron chi connectivity index (χ1n) is 7.71. The third-order valence-corrected chi connectivity index (χ3v) is 5.29. The number of allylic oxidation sites excluding steroid dienone is 2. The Labute approximate surface area is 117 Å². The van der Waals surface area contributed by atoms with Crippen molar-refractivity contribution in [2.24, 2.45) is 23.7 Å². The Balaban J connectivity index is 2.13. The van der Waals surface area contributed by atoms with Gasteiger partial charge in [-0.2, -0.15) is 0 Å². The monoisotopic (exact) mass is 264 g/mol. The summed E-state index contributed by atoms with van der Waals surface area (Å²) in [5.41, 5.74) is 3.20. The lowest BCUT2D eigenvalue weighted by molar-refractivity contribution is -0.147. The van der Waals surface area contributed by atoms with Crippen molar-refractivity contribution in [3.05, 3.63) is 11.1 Å².